The molecule has 5 aromatic heterocycles. The number of carbonyl (C=O) groups excluding carboxylic acids is 3. The maximum absolute atomic E-state index is 14.4. The fourth-order valence-electron chi connectivity index (χ4n) is 9.98. The summed E-state index contributed by atoms with van der Waals surface area (Å²) in [5.41, 5.74) is 7.25. The van der Waals surface area contributed by atoms with E-state index < -0.39 is 24.2 Å². The number of aliphatic imine (C=N–C) groups is 1. The molecule has 0 bridgehead atoms. The molecule has 3 N–H and O–H groups in total. The molecule has 2 aliphatic heterocycles. The lowest BCUT2D eigenvalue weighted by atomic mass is 9.89. The minimum absolute atomic E-state index is 0.0402. The number of ether oxygens (including phenoxy) is 1. The number of pyridine rings is 1. The average Bonchev–Trinajstić information content (AvgIpc) is 4.19. The van der Waals surface area contributed by atoms with Crippen LogP contribution in [-0.4, -0.2) is 103 Å². The van der Waals surface area contributed by atoms with E-state index in [9.17, 15) is 19.5 Å². The van der Waals surface area contributed by atoms with Gasteiger partial charge in [-0.15, -0.1) is 21.5 Å². The molecule has 17 nitrogen and oxygen atoms in total. The number of amides is 3. The number of nitrogens with zero attached hydrogens (tertiary/aromatic N) is 10. The number of aryl methyl sites for hydroxylation is 3. The van der Waals surface area contributed by atoms with Gasteiger partial charge < -0.3 is 29.9 Å². The molecule has 2 fully saturated rings. The minimum atomic E-state index is -0.849. The Kier molecular flexibility index (Phi) is 13.4. The van der Waals surface area contributed by atoms with E-state index in [1.54, 1.807) is 34.6 Å². The van der Waals surface area contributed by atoms with Gasteiger partial charge in [-0.2, -0.15) is 5.10 Å². The van der Waals surface area contributed by atoms with Crippen molar-refractivity contribution in [2.45, 2.75) is 110 Å². The van der Waals surface area contributed by atoms with Gasteiger partial charge in [-0.3, -0.25) is 28.6 Å². The van der Waals surface area contributed by atoms with Crippen molar-refractivity contribution in [3.8, 4) is 33.4 Å². The maximum atomic E-state index is 14.4. The highest BCUT2D eigenvalue weighted by Crippen LogP contribution is 2.40. The molecule has 0 spiro atoms. The van der Waals surface area contributed by atoms with E-state index >= 15 is 0 Å². The highest BCUT2D eigenvalue weighted by Gasteiger charge is 2.43. The number of hydrogen-bond donors (Lipinski definition) is 3. The first kappa shape index (κ1) is 48.6. The summed E-state index contributed by atoms with van der Waals surface area (Å²) in [6.45, 7) is 11.9. The van der Waals surface area contributed by atoms with Gasteiger partial charge in [0.2, 0.25) is 23.6 Å². The van der Waals surface area contributed by atoms with Crippen molar-refractivity contribution in [1.82, 2.24) is 54.6 Å². The molecule has 0 unspecified atom stereocenters. The molecular weight excluding hydrogens is 952 g/mol. The fraction of sp³-hybridized carbons (Fsp3) is 0.377. The molecule has 1 saturated heterocycles. The molecule has 19 heteroatoms. The van der Waals surface area contributed by atoms with Crippen molar-refractivity contribution in [2.75, 3.05) is 6.54 Å². The molecule has 72 heavy (non-hydrogen) atoms. The second kappa shape index (κ2) is 19.9. The molecule has 3 aliphatic rings. The van der Waals surface area contributed by atoms with Gasteiger partial charge in [0.1, 0.15) is 40.9 Å². The van der Waals surface area contributed by atoms with E-state index in [0.29, 0.717) is 29.6 Å². The third-order valence-corrected chi connectivity index (χ3v) is 15.5. The smallest absolute Gasteiger partial charge is 0.248 e. The zero-order valence-electron chi connectivity index (χ0n) is 41.2. The maximum Gasteiger partial charge on any atom is 0.248 e. The van der Waals surface area contributed by atoms with Crippen LogP contribution in [0, 0.1) is 26.7 Å². The lowest BCUT2D eigenvalue weighted by Crippen LogP contribution is -2.49. The number of halogens is 1. The molecule has 10 rings (SSSR count). The number of β-amino-alcohol motifs (C(OH)–C–C–N with tert-alkyl or cyclic N) is 1. The Morgan fingerprint density at radius 3 is 2.39 bits per heavy atom. The summed E-state index contributed by atoms with van der Waals surface area (Å²) in [5, 5.41) is 32.3. The first-order valence-corrected chi connectivity index (χ1v) is 25.5. The quantitative estimate of drug-likeness (QED) is 0.0975. The number of aliphatic hydroxyl groups excluding tert-OH is 1. The van der Waals surface area contributed by atoms with Gasteiger partial charge in [0, 0.05) is 102 Å². The Labute approximate surface area is 426 Å². The van der Waals surface area contributed by atoms with Gasteiger partial charge in [0.05, 0.1) is 30.5 Å². The Morgan fingerprint density at radius 1 is 0.917 bits per heavy atom. The van der Waals surface area contributed by atoms with Crippen LogP contribution in [0.1, 0.15) is 103 Å². The Balaban J connectivity index is 0.762. The van der Waals surface area contributed by atoms with E-state index in [0.717, 1.165) is 61.3 Å². The summed E-state index contributed by atoms with van der Waals surface area (Å²) < 4.78 is 11.9. The van der Waals surface area contributed by atoms with E-state index in [2.05, 4.69) is 49.7 Å². The van der Waals surface area contributed by atoms with Gasteiger partial charge in [0.15, 0.2) is 5.82 Å². The number of imidazole rings is 1. The molecule has 1 aliphatic carbocycles. The van der Waals surface area contributed by atoms with Crippen LogP contribution in [0.5, 0.6) is 5.88 Å². The first-order chi connectivity index (χ1) is 34.6. The van der Waals surface area contributed by atoms with E-state index in [4.69, 9.17) is 21.3 Å². The predicted octanol–water partition coefficient (Wildman–Crippen LogP) is 7.61. The minimum Gasteiger partial charge on any atom is -0.474 e. The van der Waals surface area contributed by atoms with Crippen LogP contribution < -0.4 is 15.4 Å². The summed E-state index contributed by atoms with van der Waals surface area (Å²) >= 11 is 7.95. The number of nitrogens with one attached hydrogen (secondary N) is 2. The molecule has 3 amide bonds. The van der Waals surface area contributed by atoms with Crippen LogP contribution in [-0.2, 0) is 21.4 Å². The Hall–Kier alpha value is -7.02. The highest BCUT2D eigenvalue weighted by molar-refractivity contribution is 7.15. The number of aliphatic hydroxyl groups is 1. The van der Waals surface area contributed by atoms with E-state index in [1.807, 2.05) is 117 Å². The standard InChI is InChI=1S/C53H57ClN12O5S/c1-28(2)48(52(70)64-27-40(67)23-43(64)51(69)58-30(4)33-8-10-35(11-9-33)49-56-18-19-63(49)7)65-26-37(25-57-65)36-16-17-55-45(20-36)71-41-21-39(22-41)59-44(68)24-42-50-62-61-32(6)66(50)53-46(29(3)31(5)72-53)47(60-42)34-12-14-38(54)15-13-34/h8-20,25-26,28,30,39-43,48,67H,21-24,27H2,1-7H3,(H,58,69)(H,59,68)/t30-,39?,40+,41?,42-,43-,48-/m0/s1. The van der Waals surface area contributed by atoms with Gasteiger partial charge in [-0.25, -0.2) is 9.97 Å². The molecule has 5 atom stereocenters. The van der Waals surface area contributed by atoms with Crippen LogP contribution in [0.3, 0.4) is 0 Å². The number of aromatic nitrogens is 8. The summed E-state index contributed by atoms with van der Waals surface area (Å²) in [4.78, 5) is 58.8. The molecule has 1 saturated carbocycles. The average molecular weight is 1010 g/mol. The molecule has 372 valence electrons. The van der Waals surface area contributed by atoms with Crippen LogP contribution >= 0.6 is 22.9 Å². The highest BCUT2D eigenvalue weighted by atomic mass is 35.5. The fourth-order valence-corrected chi connectivity index (χ4v) is 11.3. The molecular formula is C53H57ClN12O5S. The third-order valence-electron chi connectivity index (χ3n) is 14.0. The number of likely N-dealkylation sites (tertiary alicyclic amines) is 1. The zero-order chi connectivity index (χ0) is 50.5. The monoisotopic (exact) mass is 1010 g/mol. The van der Waals surface area contributed by atoms with Gasteiger partial charge >= 0.3 is 0 Å². The van der Waals surface area contributed by atoms with Crippen LogP contribution in [0.15, 0.2) is 96.6 Å². The largest absolute Gasteiger partial charge is 0.474 e. The summed E-state index contributed by atoms with van der Waals surface area (Å²) in [7, 11) is 1.94. The zero-order valence-corrected chi connectivity index (χ0v) is 42.7. The predicted molar refractivity (Wildman–Crippen MR) is 274 cm³/mol. The number of fused-ring (bicyclic) bond motifs is 3. The second-order valence-electron chi connectivity index (χ2n) is 19.5. The van der Waals surface area contributed by atoms with Crippen LogP contribution in [0.25, 0.3) is 27.5 Å². The Bertz CT molecular complexity index is 3190. The van der Waals surface area contributed by atoms with Crippen LogP contribution in [0.2, 0.25) is 5.02 Å². The van der Waals surface area contributed by atoms with Gasteiger partial charge in [0.25, 0.3) is 0 Å². The number of thiophene rings is 1. The lowest BCUT2D eigenvalue weighted by molar-refractivity contribution is -0.142. The van der Waals surface area contributed by atoms with Crippen molar-refractivity contribution in [2.24, 2.45) is 18.0 Å². The van der Waals surface area contributed by atoms with Crippen molar-refractivity contribution < 1.29 is 24.2 Å². The lowest BCUT2D eigenvalue weighted by Gasteiger charge is -2.35. The number of hydrogen-bond acceptors (Lipinski definition) is 12. The second-order valence-corrected chi connectivity index (χ2v) is 21.1. The normalized spacial score (nSPS) is 20.2. The van der Waals surface area contributed by atoms with E-state index in [-0.39, 0.29) is 61.2 Å². The van der Waals surface area contributed by atoms with Gasteiger partial charge in [-0.05, 0) is 68.5 Å². The summed E-state index contributed by atoms with van der Waals surface area (Å²) in [5.74, 6) is 1.67. The molecule has 0 radical (unpaired) electrons. The molecule has 7 aromatic rings. The number of carbonyl (C=O) groups is 3. The number of benzene rings is 2. The molecule has 7 heterocycles. The van der Waals surface area contributed by atoms with Crippen LogP contribution in [0.4, 0.5) is 0 Å². The SMILES string of the molecule is Cc1sc2c(c1C)C(c1ccc(Cl)cc1)=N[C@@H](CC(=O)NC1CC(Oc3cc(-c4cnn([C@H](C(=O)N5C[C@H](O)C[C@H]5C(=O)N[C@@H](C)c5ccc(-c6nccn6C)cc5)C(C)C)c4)ccn3)C1)c1nnc(C)n1-2. The third kappa shape index (κ3) is 9.57. The van der Waals surface area contributed by atoms with Crippen molar-refractivity contribution >= 4 is 46.4 Å². The van der Waals surface area contributed by atoms with Crippen molar-refractivity contribution in [3.05, 3.63) is 135 Å². The van der Waals surface area contributed by atoms with Crippen molar-refractivity contribution in [1.29, 1.82) is 0 Å². The molecule has 2 aromatic carbocycles. The van der Waals surface area contributed by atoms with Crippen molar-refractivity contribution in [3.63, 3.8) is 0 Å². The van der Waals surface area contributed by atoms with Gasteiger partial charge in [-0.1, -0.05) is 61.8 Å². The Morgan fingerprint density at radius 2 is 1.67 bits per heavy atom. The summed E-state index contributed by atoms with van der Waals surface area (Å²) in [6.07, 6.45) is 9.24. The number of rotatable bonds is 14. The first-order valence-electron chi connectivity index (χ1n) is 24.3. The topological polar surface area (TPSA) is 200 Å². The summed E-state index contributed by atoms with van der Waals surface area (Å²) in [6, 6.07) is 16.6. The van der Waals surface area contributed by atoms with E-state index in [1.165, 1.54) is 9.78 Å².